The van der Waals surface area contributed by atoms with Gasteiger partial charge in [-0.3, -0.25) is 4.90 Å². The highest BCUT2D eigenvalue weighted by molar-refractivity contribution is 5.09. The molecule has 1 aromatic heterocycles. The number of rotatable bonds is 3. The second kappa shape index (κ2) is 4.55. The molecule has 1 N–H and O–H groups in total. The Morgan fingerprint density at radius 3 is 2.62 bits per heavy atom. The predicted molar refractivity (Wildman–Crippen MR) is 63.4 cm³/mol. The van der Waals surface area contributed by atoms with Crippen LogP contribution in [0.15, 0.2) is 4.42 Å². The molecule has 0 bridgehead atoms. The molecule has 0 amide bonds. The molecule has 0 spiro atoms. The maximum Gasteiger partial charge on any atom is 0.212 e. The van der Waals surface area contributed by atoms with Gasteiger partial charge in [-0.25, -0.2) is 4.98 Å². The summed E-state index contributed by atoms with van der Waals surface area (Å²) in [5, 5.41) is 3.40. The third kappa shape index (κ3) is 2.13. The van der Waals surface area contributed by atoms with E-state index < -0.39 is 0 Å². The molecular formula is C12H21N3O. The van der Waals surface area contributed by atoms with Gasteiger partial charge in [-0.05, 0) is 46.8 Å². The Hall–Kier alpha value is -0.870. The van der Waals surface area contributed by atoms with Crippen LogP contribution in [-0.2, 0) is 0 Å². The number of nitrogens with one attached hydrogen (secondary N) is 1. The van der Waals surface area contributed by atoms with Crippen LogP contribution >= 0.6 is 0 Å². The number of hydrogen-bond donors (Lipinski definition) is 1. The van der Waals surface area contributed by atoms with Crippen LogP contribution in [-0.4, -0.2) is 37.1 Å². The standard InChI is InChI=1S/C12H21N3O/c1-8-9(2)16-12(14-8)11(15(3)4)10-5-6-13-7-10/h10-11,13H,5-7H2,1-4H3. The van der Waals surface area contributed by atoms with Crippen molar-refractivity contribution >= 4 is 0 Å². The van der Waals surface area contributed by atoms with Gasteiger partial charge < -0.3 is 9.73 Å². The highest BCUT2D eigenvalue weighted by Gasteiger charge is 2.31. The van der Waals surface area contributed by atoms with E-state index in [1.807, 2.05) is 13.8 Å². The molecule has 2 unspecified atom stereocenters. The number of nitrogens with zero attached hydrogens (tertiary/aromatic N) is 2. The molecule has 2 atom stereocenters. The zero-order valence-corrected chi connectivity index (χ0v) is 10.6. The Kier molecular flexibility index (Phi) is 3.30. The maximum absolute atomic E-state index is 5.77. The van der Waals surface area contributed by atoms with Gasteiger partial charge >= 0.3 is 0 Å². The van der Waals surface area contributed by atoms with Crippen molar-refractivity contribution in [3.05, 3.63) is 17.3 Å². The first-order valence-electron chi connectivity index (χ1n) is 5.90. The molecule has 0 aliphatic carbocycles. The van der Waals surface area contributed by atoms with Crippen LogP contribution in [0.5, 0.6) is 0 Å². The summed E-state index contributed by atoms with van der Waals surface area (Å²) in [5.74, 6) is 2.41. The average Bonchev–Trinajstić information content (AvgIpc) is 2.79. The van der Waals surface area contributed by atoms with Gasteiger partial charge in [0.05, 0.1) is 11.7 Å². The lowest BCUT2D eigenvalue weighted by Crippen LogP contribution is -2.29. The molecule has 1 fully saturated rings. The SMILES string of the molecule is Cc1nc(C(C2CCNC2)N(C)C)oc1C. The molecule has 1 aliphatic heterocycles. The minimum absolute atomic E-state index is 0.294. The predicted octanol–water partition coefficient (Wildman–Crippen LogP) is 1.50. The van der Waals surface area contributed by atoms with E-state index in [1.165, 1.54) is 6.42 Å². The average molecular weight is 223 g/mol. The molecule has 1 saturated heterocycles. The smallest absolute Gasteiger partial charge is 0.212 e. The molecule has 0 aromatic carbocycles. The van der Waals surface area contributed by atoms with Crippen molar-refractivity contribution in [2.45, 2.75) is 26.3 Å². The third-order valence-electron chi connectivity index (χ3n) is 3.40. The van der Waals surface area contributed by atoms with Crippen LogP contribution < -0.4 is 5.32 Å². The molecule has 4 heteroatoms. The molecule has 1 aromatic rings. The summed E-state index contributed by atoms with van der Waals surface area (Å²) in [6.45, 7) is 6.14. The zero-order valence-electron chi connectivity index (χ0n) is 10.6. The first-order valence-corrected chi connectivity index (χ1v) is 5.90. The van der Waals surface area contributed by atoms with Crippen molar-refractivity contribution < 1.29 is 4.42 Å². The second-order valence-electron chi connectivity index (χ2n) is 4.86. The van der Waals surface area contributed by atoms with Crippen molar-refractivity contribution in [1.29, 1.82) is 0 Å². The minimum Gasteiger partial charge on any atom is -0.444 e. The van der Waals surface area contributed by atoms with Crippen LogP contribution in [0.4, 0.5) is 0 Å². The monoisotopic (exact) mass is 223 g/mol. The topological polar surface area (TPSA) is 41.3 Å². The van der Waals surface area contributed by atoms with Gasteiger partial charge in [-0.15, -0.1) is 0 Å². The van der Waals surface area contributed by atoms with E-state index >= 15 is 0 Å². The van der Waals surface area contributed by atoms with Crippen LogP contribution in [0.1, 0.15) is 29.8 Å². The largest absolute Gasteiger partial charge is 0.444 e. The summed E-state index contributed by atoms with van der Waals surface area (Å²) in [4.78, 5) is 6.75. The summed E-state index contributed by atoms with van der Waals surface area (Å²) in [7, 11) is 4.19. The van der Waals surface area contributed by atoms with Gasteiger partial charge in [0.15, 0.2) is 0 Å². The first kappa shape index (κ1) is 11.6. The van der Waals surface area contributed by atoms with E-state index in [9.17, 15) is 0 Å². The Balaban J connectivity index is 2.24. The highest BCUT2D eigenvalue weighted by atomic mass is 16.4. The van der Waals surface area contributed by atoms with Crippen molar-refractivity contribution in [1.82, 2.24) is 15.2 Å². The Labute approximate surface area is 97.0 Å². The van der Waals surface area contributed by atoms with Gasteiger partial charge in [0.25, 0.3) is 0 Å². The van der Waals surface area contributed by atoms with E-state index in [-0.39, 0.29) is 0 Å². The maximum atomic E-state index is 5.77. The molecule has 0 saturated carbocycles. The number of aromatic nitrogens is 1. The molecule has 2 rings (SSSR count). The lowest BCUT2D eigenvalue weighted by atomic mass is 9.98. The Morgan fingerprint density at radius 2 is 2.19 bits per heavy atom. The summed E-state index contributed by atoms with van der Waals surface area (Å²) >= 11 is 0. The number of aryl methyl sites for hydroxylation is 2. The fraction of sp³-hybridized carbons (Fsp3) is 0.750. The summed E-state index contributed by atoms with van der Waals surface area (Å²) in [6, 6.07) is 0.294. The van der Waals surface area contributed by atoms with E-state index in [2.05, 4.69) is 29.3 Å². The summed E-state index contributed by atoms with van der Waals surface area (Å²) in [6.07, 6.45) is 1.20. The van der Waals surface area contributed by atoms with E-state index in [1.54, 1.807) is 0 Å². The Bertz CT molecular complexity index is 334. The van der Waals surface area contributed by atoms with E-state index in [0.717, 1.165) is 30.4 Å². The van der Waals surface area contributed by atoms with Gasteiger partial charge in [0, 0.05) is 6.54 Å². The van der Waals surface area contributed by atoms with Gasteiger partial charge in [-0.2, -0.15) is 0 Å². The second-order valence-corrected chi connectivity index (χ2v) is 4.86. The molecule has 16 heavy (non-hydrogen) atoms. The summed E-state index contributed by atoms with van der Waals surface area (Å²) in [5.41, 5.74) is 1.01. The van der Waals surface area contributed by atoms with Crippen LogP contribution in [0, 0.1) is 19.8 Å². The minimum atomic E-state index is 0.294. The zero-order chi connectivity index (χ0) is 11.7. The molecule has 0 radical (unpaired) electrons. The van der Waals surface area contributed by atoms with Crippen LogP contribution in [0.3, 0.4) is 0 Å². The first-order chi connectivity index (χ1) is 7.59. The molecule has 4 nitrogen and oxygen atoms in total. The molecule has 90 valence electrons. The van der Waals surface area contributed by atoms with Crippen LogP contribution in [0.25, 0.3) is 0 Å². The highest BCUT2D eigenvalue weighted by Crippen LogP contribution is 2.31. The Morgan fingerprint density at radius 1 is 1.44 bits per heavy atom. The van der Waals surface area contributed by atoms with Crippen molar-refractivity contribution in [3.63, 3.8) is 0 Å². The third-order valence-corrected chi connectivity index (χ3v) is 3.40. The molecule has 2 heterocycles. The fourth-order valence-electron chi connectivity index (χ4n) is 2.41. The number of oxazole rings is 1. The van der Waals surface area contributed by atoms with Gasteiger partial charge in [0.1, 0.15) is 5.76 Å². The van der Waals surface area contributed by atoms with E-state index in [0.29, 0.717) is 12.0 Å². The van der Waals surface area contributed by atoms with Crippen LogP contribution in [0.2, 0.25) is 0 Å². The molecular weight excluding hydrogens is 202 g/mol. The summed E-state index contributed by atoms with van der Waals surface area (Å²) < 4.78 is 5.77. The van der Waals surface area contributed by atoms with Crippen molar-refractivity contribution in [2.75, 3.05) is 27.2 Å². The van der Waals surface area contributed by atoms with Gasteiger partial charge in [-0.1, -0.05) is 0 Å². The fourth-order valence-corrected chi connectivity index (χ4v) is 2.41. The van der Waals surface area contributed by atoms with Crippen molar-refractivity contribution in [3.8, 4) is 0 Å². The van der Waals surface area contributed by atoms with Gasteiger partial charge in [0.2, 0.25) is 5.89 Å². The molecule has 1 aliphatic rings. The van der Waals surface area contributed by atoms with E-state index in [4.69, 9.17) is 4.42 Å². The van der Waals surface area contributed by atoms with Crippen molar-refractivity contribution in [2.24, 2.45) is 5.92 Å². The number of hydrogen-bond acceptors (Lipinski definition) is 4. The quantitative estimate of drug-likeness (QED) is 0.843. The lowest BCUT2D eigenvalue weighted by Gasteiger charge is -2.26. The lowest BCUT2D eigenvalue weighted by molar-refractivity contribution is 0.183. The normalized spacial score (nSPS) is 22.9.